The number of rotatable bonds is 5. The van der Waals surface area contributed by atoms with Crippen LogP contribution in [0.1, 0.15) is 18.4 Å². The molecule has 0 saturated heterocycles. The lowest BCUT2D eigenvalue weighted by Crippen LogP contribution is -2.17. The minimum Gasteiger partial charge on any atom is -0.481 e. The van der Waals surface area contributed by atoms with Crippen LogP contribution in [-0.2, 0) is 9.59 Å². The Morgan fingerprint density at radius 3 is 2.65 bits per heavy atom. The highest BCUT2D eigenvalue weighted by atomic mass is 16.4. The normalized spacial score (nSPS) is 10.7. The molecule has 0 bridgehead atoms. The molecule has 132 valence electrons. The summed E-state index contributed by atoms with van der Waals surface area (Å²) in [5, 5.41) is 11.4. The Hall–Kier alpha value is -3.48. The average Bonchev–Trinajstić information content (AvgIpc) is 2.61. The highest BCUT2D eigenvalue weighted by Crippen LogP contribution is 2.28. The van der Waals surface area contributed by atoms with Crippen molar-refractivity contribution in [3.05, 3.63) is 58.4 Å². The van der Waals surface area contributed by atoms with Crippen molar-refractivity contribution in [1.82, 2.24) is 9.97 Å². The molecular weight excluding hydrogens is 334 g/mol. The first-order chi connectivity index (χ1) is 12.5. The smallest absolute Gasteiger partial charge is 0.303 e. The topological polar surface area (TPSA) is 112 Å². The molecular formula is C19H17N3O4. The van der Waals surface area contributed by atoms with Gasteiger partial charge in [0.15, 0.2) is 0 Å². The Morgan fingerprint density at radius 1 is 1.12 bits per heavy atom. The number of H-pyrrole nitrogens is 1. The fourth-order valence-corrected chi connectivity index (χ4v) is 2.67. The van der Waals surface area contributed by atoms with Crippen molar-refractivity contribution in [3.63, 3.8) is 0 Å². The molecule has 0 saturated carbocycles. The number of hydrogen-bond acceptors (Lipinski definition) is 4. The Kier molecular flexibility index (Phi) is 4.79. The van der Waals surface area contributed by atoms with Gasteiger partial charge in [0.25, 0.3) is 5.56 Å². The number of amides is 1. The number of nitrogens with one attached hydrogen (secondary N) is 2. The number of hydrogen-bond donors (Lipinski definition) is 3. The Morgan fingerprint density at radius 2 is 1.88 bits per heavy atom. The lowest BCUT2D eigenvalue weighted by molar-refractivity contribution is -0.138. The Bertz CT molecular complexity index is 1060. The number of anilines is 1. The minimum absolute atomic E-state index is 0.148. The third-order valence-electron chi connectivity index (χ3n) is 3.96. The first kappa shape index (κ1) is 17.3. The van der Waals surface area contributed by atoms with E-state index in [-0.39, 0.29) is 24.1 Å². The quantitative estimate of drug-likeness (QED) is 0.654. The number of aliphatic carboxylic acids is 1. The van der Waals surface area contributed by atoms with Gasteiger partial charge in [0.1, 0.15) is 5.69 Å². The van der Waals surface area contributed by atoms with E-state index < -0.39 is 11.9 Å². The number of para-hydroxylation sites is 3. The molecule has 0 aliphatic rings. The van der Waals surface area contributed by atoms with E-state index in [1.807, 2.05) is 6.07 Å². The first-order valence-electron chi connectivity index (χ1n) is 8.06. The van der Waals surface area contributed by atoms with Crippen molar-refractivity contribution in [2.45, 2.75) is 19.8 Å². The molecule has 1 amide bonds. The van der Waals surface area contributed by atoms with E-state index in [0.717, 1.165) is 5.56 Å². The van der Waals surface area contributed by atoms with Gasteiger partial charge in [-0.2, -0.15) is 0 Å². The zero-order chi connectivity index (χ0) is 18.7. The van der Waals surface area contributed by atoms with Crippen molar-refractivity contribution in [2.24, 2.45) is 0 Å². The molecule has 0 spiro atoms. The van der Waals surface area contributed by atoms with E-state index >= 15 is 0 Å². The lowest BCUT2D eigenvalue weighted by Gasteiger charge is -2.13. The second kappa shape index (κ2) is 7.18. The monoisotopic (exact) mass is 351 g/mol. The number of carboxylic acids is 1. The SMILES string of the molecule is Cc1cccc(-c2nc3ccccc3[nH]c2=O)c1NC(=O)CCC(=O)O. The largest absolute Gasteiger partial charge is 0.481 e. The van der Waals surface area contributed by atoms with Crippen LogP contribution in [0, 0.1) is 6.92 Å². The van der Waals surface area contributed by atoms with Crippen LogP contribution < -0.4 is 10.9 Å². The molecule has 2 aromatic carbocycles. The van der Waals surface area contributed by atoms with Crippen LogP contribution in [-0.4, -0.2) is 27.0 Å². The van der Waals surface area contributed by atoms with Gasteiger partial charge in [-0.05, 0) is 24.6 Å². The number of nitrogens with zero attached hydrogens (tertiary/aromatic N) is 1. The third kappa shape index (κ3) is 3.61. The van der Waals surface area contributed by atoms with Gasteiger partial charge < -0.3 is 15.4 Å². The van der Waals surface area contributed by atoms with Crippen molar-refractivity contribution < 1.29 is 14.7 Å². The molecule has 0 unspecified atom stereocenters. The van der Waals surface area contributed by atoms with Crippen LogP contribution in [0.5, 0.6) is 0 Å². The van der Waals surface area contributed by atoms with Gasteiger partial charge in [-0.3, -0.25) is 14.4 Å². The molecule has 0 atom stereocenters. The van der Waals surface area contributed by atoms with Crippen molar-refractivity contribution >= 4 is 28.6 Å². The highest BCUT2D eigenvalue weighted by Gasteiger charge is 2.16. The molecule has 1 heterocycles. The number of benzene rings is 2. The molecule has 0 aliphatic heterocycles. The molecule has 26 heavy (non-hydrogen) atoms. The fourth-order valence-electron chi connectivity index (χ4n) is 2.67. The van der Waals surface area contributed by atoms with Crippen LogP contribution in [0.4, 0.5) is 5.69 Å². The molecule has 0 radical (unpaired) electrons. The summed E-state index contributed by atoms with van der Waals surface area (Å²) in [6.45, 7) is 1.80. The molecule has 3 aromatic rings. The van der Waals surface area contributed by atoms with Crippen LogP contribution in [0.2, 0.25) is 0 Å². The van der Waals surface area contributed by atoms with E-state index in [2.05, 4.69) is 15.3 Å². The minimum atomic E-state index is -1.04. The molecule has 1 aromatic heterocycles. The van der Waals surface area contributed by atoms with E-state index in [9.17, 15) is 14.4 Å². The van der Waals surface area contributed by atoms with E-state index in [4.69, 9.17) is 5.11 Å². The second-order valence-electron chi connectivity index (χ2n) is 5.87. The van der Waals surface area contributed by atoms with Crippen LogP contribution >= 0.6 is 0 Å². The standard InChI is InChI=1S/C19H17N3O4/c1-11-5-4-6-12(17(11)22-15(23)9-10-16(24)25)18-19(26)21-14-8-3-2-7-13(14)20-18/h2-8H,9-10H2,1H3,(H,21,26)(H,22,23)(H,24,25). The zero-order valence-corrected chi connectivity index (χ0v) is 14.1. The van der Waals surface area contributed by atoms with Gasteiger partial charge in [0.05, 0.1) is 23.1 Å². The van der Waals surface area contributed by atoms with Gasteiger partial charge in [-0.1, -0.05) is 30.3 Å². The number of carbonyl (C=O) groups is 2. The number of carbonyl (C=O) groups excluding carboxylic acids is 1. The number of aromatic amines is 1. The van der Waals surface area contributed by atoms with Crippen LogP contribution in [0.15, 0.2) is 47.3 Å². The summed E-state index contributed by atoms with van der Waals surface area (Å²) in [5.41, 5.74) is 2.78. The summed E-state index contributed by atoms with van der Waals surface area (Å²) in [5.74, 6) is -1.47. The summed E-state index contributed by atoms with van der Waals surface area (Å²) in [6.07, 6.45) is -0.410. The number of aromatic nitrogens is 2. The summed E-state index contributed by atoms with van der Waals surface area (Å²) in [4.78, 5) is 42.4. The maximum atomic E-state index is 12.5. The summed E-state index contributed by atoms with van der Waals surface area (Å²) in [7, 11) is 0. The summed E-state index contributed by atoms with van der Waals surface area (Å²) >= 11 is 0. The molecule has 3 N–H and O–H groups in total. The summed E-state index contributed by atoms with van der Waals surface area (Å²) < 4.78 is 0. The average molecular weight is 351 g/mol. The third-order valence-corrected chi connectivity index (χ3v) is 3.96. The first-order valence-corrected chi connectivity index (χ1v) is 8.06. The van der Waals surface area contributed by atoms with E-state index in [1.54, 1.807) is 43.3 Å². The van der Waals surface area contributed by atoms with Gasteiger partial charge in [0, 0.05) is 12.0 Å². The van der Waals surface area contributed by atoms with Gasteiger partial charge in [-0.15, -0.1) is 0 Å². The van der Waals surface area contributed by atoms with Gasteiger partial charge in [0.2, 0.25) is 5.91 Å². The predicted octanol–water partition coefficient (Wildman–Crippen LogP) is 2.70. The van der Waals surface area contributed by atoms with Crippen LogP contribution in [0.3, 0.4) is 0 Å². The maximum absolute atomic E-state index is 12.5. The van der Waals surface area contributed by atoms with Crippen molar-refractivity contribution in [2.75, 3.05) is 5.32 Å². The zero-order valence-electron chi connectivity index (χ0n) is 14.1. The van der Waals surface area contributed by atoms with Crippen molar-refractivity contribution in [1.29, 1.82) is 0 Å². The number of fused-ring (bicyclic) bond motifs is 1. The Balaban J connectivity index is 2.05. The lowest BCUT2D eigenvalue weighted by atomic mass is 10.0. The molecule has 7 heteroatoms. The van der Waals surface area contributed by atoms with E-state index in [0.29, 0.717) is 22.3 Å². The highest BCUT2D eigenvalue weighted by molar-refractivity contribution is 5.97. The molecule has 0 aliphatic carbocycles. The number of aryl methyl sites for hydroxylation is 1. The number of carboxylic acid groups (broad SMARTS) is 1. The second-order valence-corrected chi connectivity index (χ2v) is 5.87. The molecule has 0 fully saturated rings. The van der Waals surface area contributed by atoms with Crippen molar-refractivity contribution in [3.8, 4) is 11.3 Å². The fraction of sp³-hybridized carbons (Fsp3) is 0.158. The maximum Gasteiger partial charge on any atom is 0.303 e. The Labute approximate surface area is 148 Å². The molecule has 7 nitrogen and oxygen atoms in total. The van der Waals surface area contributed by atoms with E-state index in [1.165, 1.54) is 0 Å². The molecule has 3 rings (SSSR count). The summed E-state index contributed by atoms with van der Waals surface area (Å²) in [6, 6.07) is 12.4. The van der Waals surface area contributed by atoms with Crippen LogP contribution in [0.25, 0.3) is 22.3 Å². The van der Waals surface area contributed by atoms with Gasteiger partial charge >= 0.3 is 5.97 Å². The van der Waals surface area contributed by atoms with Gasteiger partial charge in [-0.25, -0.2) is 4.98 Å². The predicted molar refractivity (Wildman–Crippen MR) is 98.0 cm³/mol.